The zero-order chi connectivity index (χ0) is 26.7. The van der Waals surface area contributed by atoms with Crippen LogP contribution in [-0.2, 0) is 22.6 Å². The van der Waals surface area contributed by atoms with E-state index in [0.29, 0.717) is 35.1 Å². The summed E-state index contributed by atoms with van der Waals surface area (Å²) < 4.78 is 0. The molecule has 3 amide bonds. The molecule has 3 N–H and O–H groups in total. The Morgan fingerprint density at radius 3 is 2.70 bits per heavy atom. The fourth-order valence-corrected chi connectivity index (χ4v) is 6.08. The molecule has 0 bridgehead atoms. The summed E-state index contributed by atoms with van der Waals surface area (Å²) in [5.74, 6) is -0.401. The predicted octanol–water partition coefficient (Wildman–Crippen LogP) is 2.02. The van der Waals surface area contributed by atoms with Crippen molar-refractivity contribution < 1.29 is 14.4 Å². The van der Waals surface area contributed by atoms with E-state index in [1.54, 1.807) is 31.1 Å². The van der Waals surface area contributed by atoms with Crippen molar-refractivity contribution in [2.75, 3.05) is 33.0 Å². The van der Waals surface area contributed by atoms with Gasteiger partial charge >= 0.3 is 0 Å². The van der Waals surface area contributed by atoms with Crippen molar-refractivity contribution in [3.8, 4) is 0 Å². The molecule has 0 aromatic carbocycles. The molecule has 1 aliphatic carbocycles. The first-order valence-corrected chi connectivity index (χ1v) is 13.9. The summed E-state index contributed by atoms with van der Waals surface area (Å²) in [5, 5.41) is 9.04. The zero-order valence-corrected chi connectivity index (χ0v) is 23.5. The Bertz CT molecular complexity index is 1140. The van der Waals surface area contributed by atoms with Crippen molar-refractivity contribution in [2.45, 2.75) is 49.7 Å². The van der Waals surface area contributed by atoms with Gasteiger partial charge in [0.2, 0.25) is 5.91 Å². The fourth-order valence-electron chi connectivity index (χ4n) is 4.67. The molecule has 0 spiro atoms. The standard InChI is InChI=1S/C24H32ClN7O3S2/c1-31(2)24(35)13-4-6-15(27-20(33)22(36)30-19-7-5-14(25)11-26-19)17(10-13)28-21(34)23-29-16-8-9-32(3)12-18(16)37-23/h5,7,11,13,15,17,22,36H,4,6,8-10,12H2,1-3H3,(H,26,30)(H,27,33)(H,28,34)/t13-,15-,17+,22?/m0/s1. The Hall–Kier alpha value is -2.41. The SMILES string of the molecule is CN1CCc2nc(C(=O)N[C@@H]3C[C@@H](C(=O)N(C)C)CC[C@@H]3NC(=O)C(S)Nc3ccc(Cl)cn3)sc2C1. The molecule has 3 heterocycles. The van der Waals surface area contributed by atoms with E-state index in [2.05, 4.69) is 43.4 Å². The molecule has 1 fully saturated rings. The number of hydrogen-bond acceptors (Lipinski definition) is 9. The number of thiol groups is 1. The number of hydrogen-bond donors (Lipinski definition) is 4. The minimum Gasteiger partial charge on any atom is -0.350 e. The van der Waals surface area contributed by atoms with E-state index in [0.717, 1.165) is 30.1 Å². The van der Waals surface area contributed by atoms with Crippen LogP contribution >= 0.6 is 35.6 Å². The van der Waals surface area contributed by atoms with E-state index in [1.807, 2.05) is 7.05 Å². The third-order valence-corrected chi connectivity index (χ3v) is 8.33. The van der Waals surface area contributed by atoms with Crippen LogP contribution in [-0.4, -0.2) is 82.6 Å². The van der Waals surface area contributed by atoms with Gasteiger partial charge in [0.15, 0.2) is 10.4 Å². The topological polar surface area (TPSA) is 120 Å². The van der Waals surface area contributed by atoms with Gasteiger partial charge in [-0.15, -0.1) is 24.0 Å². The van der Waals surface area contributed by atoms with Crippen LogP contribution in [0.2, 0.25) is 5.02 Å². The van der Waals surface area contributed by atoms with Gasteiger partial charge in [-0.3, -0.25) is 14.4 Å². The molecule has 200 valence electrons. The molecule has 2 aromatic rings. The van der Waals surface area contributed by atoms with Crippen LogP contribution in [0.1, 0.15) is 39.6 Å². The smallest absolute Gasteiger partial charge is 0.280 e. The summed E-state index contributed by atoms with van der Waals surface area (Å²) in [6.45, 7) is 1.69. The number of rotatable bonds is 7. The summed E-state index contributed by atoms with van der Waals surface area (Å²) in [7, 11) is 5.50. The molecule has 4 atom stereocenters. The number of pyridine rings is 1. The average Bonchev–Trinajstić information content (AvgIpc) is 3.29. The lowest BCUT2D eigenvalue weighted by Crippen LogP contribution is -2.57. The first kappa shape index (κ1) is 27.6. The van der Waals surface area contributed by atoms with Crippen LogP contribution in [0, 0.1) is 5.92 Å². The first-order valence-electron chi connectivity index (χ1n) is 12.2. The van der Waals surface area contributed by atoms with E-state index < -0.39 is 11.4 Å². The van der Waals surface area contributed by atoms with E-state index in [-0.39, 0.29) is 29.7 Å². The average molecular weight is 566 g/mol. The second kappa shape index (κ2) is 12.0. The molecule has 2 aliphatic rings. The number of halogens is 1. The summed E-state index contributed by atoms with van der Waals surface area (Å²) in [5.41, 5.74) is 0.974. The number of amides is 3. The van der Waals surface area contributed by atoms with Gasteiger partial charge in [0.05, 0.1) is 16.8 Å². The molecule has 1 unspecified atom stereocenters. The highest BCUT2D eigenvalue weighted by atomic mass is 35.5. The van der Waals surface area contributed by atoms with Crippen LogP contribution in [0.4, 0.5) is 5.82 Å². The number of nitrogens with one attached hydrogen (secondary N) is 3. The molecule has 0 radical (unpaired) electrons. The van der Waals surface area contributed by atoms with Gasteiger partial charge < -0.3 is 25.8 Å². The summed E-state index contributed by atoms with van der Waals surface area (Å²) in [6, 6.07) is 2.53. The molecular formula is C24H32ClN7O3S2. The summed E-state index contributed by atoms with van der Waals surface area (Å²) >= 11 is 11.7. The van der Waals surface area contributed by atoms with Crippen LogP contribution in [0.5, 0.6) is 0 Å². The molecule has 0 saturated heterocycles. The van der Waals surface area contributed by atoms with Crippen LogP contribution in [0.3, 0.4) is 0 Å². The van der Waals surface area contributed by atoms with E-state index in [1.165, 1.54) is 17.5 Å². The minimum atomic E-state index is -0.867. The molecule has 1 saturated carbocycles. The van der Waals surface area contributed by atoms with Crippen molar-refractivity contribution in [1.82, 2.24) is 30.4 Å². The highest BCUT2D eigenvalue weighted by Gasteiger charge is 2.37. The Morgan fingerprint density at radius 2 is 2.00 bits per heavy atom. The van der Waals surface area contributed by atoms with Gasteiger partial charge in [0, 0.05) is 56.6 Å². The number of anilines is 1. The highest BCUT2D eigenvalue weighted by molar-refractivity contribution is 7.82. The normalized spacial score (nSPS) is 22.5. The Kier molecular flexibility index (Phi) is 8.94. The maximum absolute atomic E-state index is 13.2. The van der Waals surface area contributed by atoms with Crippen molar-refractivity contribution in [3.63, 3.8) is 0 Å². The second-order valence-corrected chi connectivity index (χ2v) is 11.8. The maximum Gasteiger partial charge on any atom is 0.280 e. The summed E-state index contributed by atoms with van der Waals surface area (Å²) in [6.07, 6.45) is 3.86. The Morgan fingerprint density at radius 1 is 1.22 bits per heavy atom. The molecule has 13 heteroatoms. The molecule has 37 heavy (non-hydrogen) atoms. The third-order valence-electron chi connectivity index (χ3n) is 6.66. The largest absolute Gasteiger partial charge is 0.350 e. The van der Waals surface area contributed by atoms with E-state index >= 15 is 0 Å². The summed E-state index contributed by atoms with van der Waals surface area (Å²) in [4.78, 5) is 52.5. The van der Waals surface area contributed by atoms with Gasteiger partial charge in [0.25, 0.3) is 11.8 Å². The Balaban J connectivity index is 1.45. The van der Waals surface area contributed by atoms with Gasteiger partial charge in [0.1, 0.15) is 5.82 Å². The molecule has 1 aliphatic heterocycles. The number of carbonyl (C=O) groups is 3. The van der Waals surface area contributed by atoms with Crippen LogP contribution in [0.15, 0.2) is 18.3 Å². The lowest BCUT2D eigenvalue weighted by Gasteiger charge is -2.37. The molecule has 4 rings (SSSR count). The highest BCUT2D eigenvalue weighted by Crippen LogP contribution is 2.28. The fraction of sp³-hybridized carbons (Fsp3) is 0.542. The number of thiazole rings is 1. The van der Waals surface area contributed by atoms with Crippen molar-refractivity contribution in [2.24, 2.45) is 5.92 Å². The van der Waals surface area contributed by atoms with E-state index in [4.69, 9.17) is 11.6 Å². The zero-order valence-electron chi connectivity index (χ0n) is 21.0. The van der Waals surface area contributed by atoms with E-state index in [9.17, 15) is 14.4 Å². The maximum atomic E-state index is 13.2. The Labute approximate surface area is 231 Å². The van der Waals surface area contributed by atoms with Crippen LogP contribution in [0.25, 0.3) is 0 Å². The van der Waals surface area contributed by atoms with Crippen molar-refractivity contribution in [1.29, 1.82) is 0 Å². The second-order valence-electron chi connectivity index (χ2n) is 9.72. The number of aromatic nitrogens is 2. The number of nitrogens with zero attached hydrogens (tertiary/aromatic N) is 4. The molecular weight excluding hydrogens is 534 g/mol. The third kappa shape index (κ3) is 6.92. The quantitative estimate of drug-likeness (QED) is 0.299. The monoisotopic (exact) mass is 565 g/mol. The first-order chi connectivity index (χ1) is 17.6. The molecule has 2 aromatic heterocycles. The number of likely N-dealkylation sites (N-methyl/N-ethyl adjacent to an activating group) is 1. The van der Waals surface area contributed by atoms with Crippen molar-refractivity contribution in [3.05, 3.63) is 38.9 Å². The lowest BCUT2D eigenvalue weighted by molar-refractivity contribution is -0.134. The van der Waals surface area contributed by atoms with Crippen LogP contribution < -0.4 is 16.0 Å². The minimum absolute atomic E-state index is 0.0133. The predicted molar refractivity (Wildman–Crippen MR) is 147 cm³/mol. The van der Waals surface area contributed by atoms with Gasteiger partial charge in [-0.25, -0.2) is 9.97 Å². The van der Waals surface area contributed by atoms with Gasteiger partial charge in [-0.1, -0.05) is 11.6 Å². The van der Waals surface area contributed by atoms with Gasteiger partial charge in [-0.05, 0) is 38.4 Å². The number of carbonyl (C=O) groups excluding carboxylic acids is 3. The molecule has 10 nitrogen and oxygen atoms in total. The van der Waals surface area contributed by atoms with Gasteiger partial charge in [-0.2, -0.15) is 0 Å². The van der Waals surface area contributed by atoms with Crippen molar-refractivity contribution >= 4 is 59.1 Å². The number of fused-ring (bicyclic) bond motifs is 1. The lowest BCUT2D eigenvalue weighted by atomic mass is 9.81.